The molecule has 5 heteroatoms. The summed E-state index contributed by atoms with van der Waals surface area (Å²) in [4.78, 5) is 12.9. The van der Waals surface area contributed by atoms with Gasteiger partial charge in [0.25, 0.3) is 0 Å². The number of allylic oxidation sites excluding steroid dienone is 2. The smallest absolute Gasteiger partial charge is 0.311 e. The van der Waals surface area contributed by atoms with E-state index in [4.69, 9.17) is 9.26 Å². The molecule has 0 amide bonds. The molecule has 2 rings (SSSR count). The molecule has 4 nitrogen and oxygen atoms in total. The minimum absolute atomic E-state index is 0.0578. The quantitative estimate of drug-likeness (QED) is 0.0478. The molecule has 0 saturated heterocycles. The minimum Gasteiger partial charge on any atom is -0.443 e. The van der Waals surface area contributed by atoms with Gasteiger partial charge in [0.15, 0.2) is 0 Å². The number of ether oxygens (including phenoxy) is 1. The number of rotatable bonds is 25. The maximum absolute atomic E-state index is 14.2. The van der Waals surface area contributed by atoms with Crippen LogP contribution >= 0.6 is 7.37 Å². The van der Waals surface area contributed by atoms with Crippen LogP contribution in [-0.4, -0.2) is 18.3 Å². The first-order chi connectivity index (χ1) is 21.5. The van der Waals surface area contributed by atoms with Crippen molar-refractivity contribution in [1.29, 1.82) is 0 Å². The van der Waals surface area contributed by atoms with Crippen LogP contribution in [0.25, 0.3) is 12.2 Å². The van der Waals surface area contributed by atoms with E-state index in [-0.39, 0.29) is 18.6 Å². The van der Waals surface area contributed by atoms with Crippen molar-refractivity contribution in [3.05, 3.63) is 71.8 Å². The van der Waals surface area contributed by atoms with E-state index >= 15 is 0 Å². The number of carbonyl (C=O) groups excluding carboxylic acids is 1. The van der Waals surface area contributed by atoms with Crippen molar-refractivity contribution < 1.29 is 18.6 Å². The van der Waals surface area contributed by atoms with Gasteiger partial charge >= 0.3 is 5.97 Å². The zero-order valence-electron chi connectivity index (χ0n) is 27.9. The summed E-state index contributed by atoms with van der Waals surface area (Å²) >= 11 is 0. The number of hydrogen-bond acceptors (Lipinski definition) is 4. The van der Waals surface area contributed by atoms with Gasteiger partial charge in [-0.15, -0.1) is 0 Å². The fourth-order valence-electron chi connectivity index (χ4n) is 5.12. The summed E-state index contributed by atoms with van der Waals surface area (Å²) in [6, 6.07) is 15.4. The van der Waals surface area contributed by atoms with Gasteiger partial charge in [0, 0.05) is 12.3 Å². The van der Waals surface area contributed by atoms with E-state index in [1.54, 1.807) is 6.07 Å². The fraction of sp³-hybridized carbons (Fsp3) is 0.564. The fourth-order valence-corrected chi connectivity index (χ4v) is 7.25. The van der Waals surface area contributed by atoms with Gasteiger partial charge in [0.2, 0.25) is 7.37 Å². The van der Waals surface area contributed by atoms with E-state index < -0.39 is 7.37 Å². The molecule has 0 N–H and O–H groups in total. The van der Waals surface area contributed by atoms with Gasteiger partial charge in [-0.1, -0.05) is 153 Å². The summed E-state index contributed by atoms with van der Waals surface area (Å²) in [5.74, 6) is 0.742. The van der Waals surface area contributed by atoms with E-state index in [1.807, 2.05) is 42.5 Å². The topological polar surface area (TPSA) is 52.6 Å². The Labute approximate surface area is 269 Å². The Morgan fingerprint density at radius 1 is 0.636 bits per heavy atom. The molecule has 44 heavy (non-hydrogen) atoms. The zero-order chi connectivity index (χ0) is 31.7. The third-order valence-corrected chi connectivity index (χ3v) is 10.2. The van der Waals surface area contributed by atoms with Crippen LogP contribution in [0.2, 0.25) is 0 Å². The molecule has 0 aliphatic heterocycles. The highest BCUT2D eigenvalue weighted by Crippen LogP contribution is 2.49. The highest BCUT2D eigenvalue weighted by Gasteiger charge is 2.26. The number of hydrogen-bond donors (Lipinski definition) is 0. The highest BCUT2D eigenvalue weighted by atomic mass is 31.2. The second kappa shape index (κ2) is 23.8. The summed E-state index contributed by atoms with van der Waals surface area (Å²) in [6.45, 7) is 6.62. The van der Waals surface area contributed by atoms with Crippen molar-refractivity contribution in [3.8, 4) is 11.5 Å². The molecule has 2 aromatic rings. The largest absolute Gasteiger partial charge is 0.443 e. The standard InChI is InChI=1S/C39H59O4P/c1-4-7-10-13-14-15-16-17-18-21-31-44(41,43-38-29-23-27-36(34-38)25-20-12-9-6-3)32-30-39(40)42-37-28-22-26-35(33-37)24-19-11-8-5-2/h19-20,22-29,33-34H,4-18,21,30-32H2,1-3H3/b24-19+,25-20+. The highest BCUT2D eigenvalue weighted by molar-refractivity contribution is 7.59. The van der Waals surface area contributed by atoms with Crippen molar-refractivity contribution in [2.75, 3.05) is 12.3 Å². The molecular formula is C39H59O4P. The Balaban J connectivity index is 1.97. The molecule has 0 aromatic heterocycles. The molecule has 0 aliphatic rings. The van der Waals surface area contributed by atoms with Gasteiger partial charge in [-0.3, -0.25) is 9.36 Å². The van der Waals surface area contributed by atoms with E-state index in [2.05, 4.69) is 45.1 Å². The van der Waals surface area contributed by atoms with Crippen LogP contribution in [-0.2, 0) is 9.36 Å². The first-order valence-electron chi connectivity index (χ1n) is 17.5. The molecular weight excluding hydrogens is 563 g/mol. The molecule has 1 atom stereocenters. The third kappa shape index (κ3) is 17.6. The van der Waals surface area contributed by atoms with Gasteiger partial charge in [-0.2, -0.15) is 0 Å². The van der Waals surface area contributed by atoms with Crippen LogP contribution in [0.5, 0.6) is 11.5 Å². The van der Waals surface area contributed by atoms with Crippen LogP contribution in [0, 0.1) is 0 Å². The van der Waals surface area contributed by atoms with E-state index in [1.165, 1.54) is 51.4 Å². The molecule has 0 saturated carbocycles. The predicted molar refractivity (Wildman–Crippen MR) is 190 cm³/mol. The molecule has 1 unspecified atom stereocenters. The number of benzene rings is 2. The summed E-state index contributed by atoms with van der Waals surface area (Å²) in [5.41, 5.74) is 2.04. The summed E-state index contributed by atoms with van der Waals surface area (Å²) in [6.07, 6.45) is 28.1. The predicted octanol–water partition coefficient (Wildman–Crippen LogP) is 12.7. The second-order valence-electron chi connectivity index (χ2n) is 12.0. The average molecular weight is 623 g/mol. The Morgan fingerprint density at radius 3 is 1.70 bits per heavy atom. The molecule has 244 valence electrons. The van der Waals surface area contributed by atoms with Gasteiger partial charge in [-0.05, 0) is 54.7 Å². The van der Waals surface area contributed by atoms with Gasteiger partial charge in [-0.25, -0.2) is 0 Å². The lowest BCUT2D eigenvalue weighted by Crippen LogP contribution is -2.13. The van der Waals surface area contributed by atoms with E-state index in [0.29, 0.717) is 17.7 Å². The Morgan fingerprint density at radius 2 is 1.14 bits per heavy atom. The van der Waals surface area contributed by atoms with Crippen LogP contribution in [0.4, 0.5) is 0 Å². The Hall–Kier alpha value is -2.58. The maximum Gasteiger partial charge on any atom is 0.311 e. The Bertz CT molecular complexity index is 1150. The van der Waals surface area contributed by atoms with Crippen molar-refractivity contribution >= 4 is 25.5 Å². The zero-order valence-corrected chi connectivity index (χ0v) is 28.8. The lowest BCUT2D eigenvalue weighted by molar-refractivity contribution is -0.133. The van der Waals surface area contributed by atoms with Crippen molar-refractivity contribution in [2.45, 2.75) is 130 Å². The number of carbonyl (C=O) groups is 1. The minimum atomic E-state index is -3.10. The molecule has 0 radical (unpaired) electrons. The van der Waals surface area contributed by atoms with Crippen LogP contribution in [0.1, 0.15) is 141 Å². The normalized spacial score (nSPS) is 13.0. The van der Waals surface area contributed by atoms with Gasteiger partial charge < -0.3 is 9.26 Å². The lowest BCUT2D eigenvalue weighted by atomic mass is 10.1. The molecule has 0 spiro atoms. The van der Waals surface area contributed by atoms with Crippen LogP contribution in [0.15, 0.2) is 60.7 Å². The lowest BCUT2D eigenvalue weighted by Gasteiger charge is -2.20. The number of esters is 1. The van der Waals surface area contributed by atoms with Gasteiger partial charge in [0.1, 0.15) is 11.5 Å². The maximum atomic E-state index is 14.2. The van der Waals surface area contributed by atoms with Crippen LogP contribution < -0.4 is 9.26 Å². The number of unbranched alkanes of at least 4 members (excludes halogenated alkanes) is 13. The molecule has 2 aromatic carbocycles. The summed E-state index contributed by atoms with van der Waals surface area (Å²) in [5, 5.41) is 0. The van der Waals surface area contributed by atoms with Crippen LogP contribution in [0.3, 0.4) is 0 Å². The first kappa shape index (κ1) is 37.6. The Kier molecular flexibility index (Phi) is 20.3. The van der Waals surface area contributed by atoms with Gasteiger partial charge in [0.05, 0.1) is 6.42 Å². The molecule has 0 fully saturated rings. The molecule has 0 heterocycles. The SMILES string of the molecule is CCCC/C=C/c1cccc(OC(=O)CCP(=O)(CCCCCCCCCCCC)Oc2cccc(/C=C/CCCC)c2)c1. The average Bonchev–Trinajstić information content (AvgIpc) is 3.02. The van der Waals surface area contributed by atoms with Crippen molar-refractivity contribution in [2.24, 2.45) is 0 Å². The first-order valence-corrected chi connectivity index (χ1v) is 19.5. The van der Waals surface area contributed by atoms with Crippen molar-refractivity contribution in [3.63, 3.8) is 0 Å². The third-order valence-electron chi connectivity index (χ3n) is 7.80. The summed E-state index contributed by atoms with van der Waals surface area (Å²) < 4.78 is 26.1. The van der Waals surface area contributed by atoms with Crippen molar-refractivity contribution in [1.82, 2.24) is 0 Å². The van der Waals surface area contributed by atoms with E-state index in [9.17, 15) is 9.36 Å². The molecule has 0 bridgehead atoms. The van der Waals surface area contributed by atoms with E-state index in [0.717, 1.165) is 62.5 Å². The monoisotopic (exact) mass is 622 g/mol. The summed E-state index contributed by atoms with van der Waals surface area (Å²) in [7, 11) is -3.10. The molecule has 0 aliphatic carbocycles. The second-order valence-corrected chi connectivity index (χ2v) is 14.7.